The van der Waals surface area contributed by atoms with Crippen LogP contribution >= 0.6 is 7.79 Å². The first-order chi connectivity index (χ1) is 30.1. The van der Waals surface area contributed by atoms with Crippen molar-refractivity contribution in [2.75, 3.05) is 0 Å². The molecule has 0 unspecified atom stereocenters. The van der Waals surface area contributed by atoms with Crippen LogP contribution in [0.15, 0.2) is 128 Å². The molecule has 0 saturated heterocycles. The van der Waals surface area contributed by atoms with Crippen LogP contribution in [0.3, 0.4) is 0 Å². The van der Waals surface area contributed by atoms with Crippen molar-refractivity contribution in [1.82, 2.24) is 9.13 Å². The average Bonchev–Trinajstić information content (AvgIpc) is 3.89. The molecule has 6 heteroatoms. The zero-order chi connectivity index (χ0) is 43.6. The van der Waals surface area contributed by atoms with E-state index < -0.39 is 7.79 Å². The Morgan fingerprint density at radius 3 is 2.03 bits per heavy atom. The molecule has 1 spiro atoms. The van der Waals surface area contributed by atoms with Gasteiger partial charge in [-0.15, -0.1) is 0 Å². The second kappa shape index (κ2) is 12.8. The Morgan fingerprint density at radius 2 is 1.33 bits per heavy atom. The van der Waals surface area contributed by atoms with Crippen molar-refractivity contribution < 1.29 is 13.2 Å². The van der Waals surface area contributed by atoms with E-state index in [4.69, 9.17) is 4.52 Å². The summed E-state index contributed by atoms with van der Waals surface area (Å²) in [7, 11) is -3.51. The third-order valence-electron chi connectivity index (χ3n) is 14.4. The molecule has 3 aliphatic rings. The van der Waals surface area contributed by atoms with Crippen LogP contribution in [0.25, 0.3) is 78.0 Å². The summed E-state index contributed by atoms with van der Waals surface area (Å²) < 4.78 is 19.0. The quantitative estimate of drug-likeness (QED) is 0.162. The first-order valence-corrected chi connectivity index (χ1v) is 24.7. The fourth-order valence-corrected chi connectivity index (χ4v) is 15.9. The van der Waals surface area contributed by atoms with Gasteiger partial charge in [-0.3, -0.25) is 0 Å². The van der Waals surface area contributed by atoms with Crippen molar-refractivity contribution in [3.8, 4) is 50.9 Å². The Bertz CT molecular complexity index is 3440. The van der Waals surface area contributed by atoms with Crippen molar-refractivity contribution in [2.45, 2.75) is 98.8 Å². The summed E-state index contributed by atoms with van der Waals surface area (Å²) >= 11 is 0. The molecule has 12 rings (SSSR count). The molecule has 0 fully saturated rings. The number of aryl methyl sites for hydroxylation is 1. The third kappa shape index (κ3) is 4.92. The average molecular weight is 845 g/mol. The number of imidazole rings is 1. The number of para-hydroxylation sites is 3. The predicted molar refractivity (Wildman–Crippen MR) is 264 cm³/mol. The van der Waals surface area contributed by atoms with Gasteiger partial charge < -0.3 is 0 Å². The van der Waals surface area contributed by atoms with Crippen LogP contribution < -0.4 is 18.5 Å². The fourth-order valence-electron chi connectivity index (χ4n) is 11.5. The maximum absolute atomic E-state index is 8.37. The van der Waals surface area contributed by atoms with Gasteiger partial charge in [0.1, 0.15) is 0 Å². The number of pyridine rings is 1. The minimum absolute atomic E-state index is 0.0899. The Labute approximate surface area is 371 Å². The van der Waals surface area contributed by atoms with Gasteiger partial charge in [0.05, 0.1) is 0 Å². The molecular formula is C57H57N4OP+2. The summed E-state index contributed by atoms with van der Waals surface area (Å²) in [6.07, 6.45) is 2.33. The Hall–Kier alpha value is -6.03. The van der Waals surface area contributed by atoms with Crippen molar-refractivity contribution in [1.29, 1.82) is 0 Å². The zero-order valence-corrected chi connectivity index (χ0v) is 39.5. The van der Waals surface area contributed by atoms with E-state index in [2.05, 4.69) is 221 Å². The van der Waals surface area contributed by atoms with Gasteiger partial charge in [0.25, 0.3) is 0 Å². The first-order valence-electron chi connectivity index (χ1n) is 22.9. The van der Waals surface area contributed by atoms with E-state index in [1.165, 1.54) is 105 Å². The molecule has 0 aliphatic carbocycles. The van der Waals surface area contributed by atoms with Crippen molar-refractivity contribution in [2.24, 2.45) is 0 Å². The first kappa shape index (κ1) is 38.6. The SMILES string of the molecule is Cc1ccc2c3c1n(-c1c(C(C)C)cccc1C(C)C)c1[n+]3[PH]3(Oc4c-1cc(C(C)(C)C)cc4C(C)(C)C)c1c-2cc2c(c1-c1cccc[n+]13)c1ccccc1n2-c1ccccc1. The van der Waals surface area contributed by atoms with E-state index in [0.717, 1.165) is 11.4 Å². The van der Waals surface area contributed by atoms with Gasteiger partial charge in [0, 0.05) is 0 Å². The number of aromatic nitrogens is 4. The van der Waals surface area contributed by atoms with Gasteiger partial charge in [-0.05, 0) is 0 Å². The van der Waals surface area contributed by atoms with E-state index >= 15 is 0 Å². The number of rotatable bonds is 4. The van der Waals surface area contributed by atoms with Crippen molar-refractivity contribution >= 4 is 45.9 Å². The number of benzene rings is 6. The van der Waals surface area contributed by atoms with E-state index in [9.17, 15) is 0 Å². The fraction of sp³-hybridized carbons (Fsp3) is 0.263. The zero-order valence-electron chi connectivity index (χ0n) is 38.5. The van der Waals surface area contributed by atoms with Gasteiger partial charge in [-0.25, -0.2) is 0 Å². The van der Waals surface area contributed by atoms with Crippen molar-refractivity contribution in [3.63, 3.8) is 0 Å². The third-order valence-corrected chi connectivity index (χ3v) is 18.1. The number of fused-ring (bicyclic) bond motifs is 9. The summed E-state index contributed by atoms with van der Waals surface area (Å²) in [6, 6.07) is 46.0. The normalized spacial score (nSPS) is 15.0. The standard InChI is InChI=1S/C57H57N4OP/c1-33(2)38-23-19-24-39(34(3)4)51(38)60-50-35(5)27-28-40-42-32-47-48(41-22-15-16-25-45(41)59(47)37-20-13-12-14-21-37)49-46-26-17-18-29-58(46)63(54(42)49)61(52(40)50)55(60)43-30-36(56(6,7)8)31-44(53(43)62-63)57(9,10)11/h12-34,63H,1-11H3/q+2. The predicted octanol–water partition coefficient (Wildman–Crippen LogP) is 13.7. The molecule has 0 saturated carbocycles. The molecule has 0 radical (unpaired) electrons. The molecular weight excluding hydrogens is 788 g/mol. The molecule has 314 valence electrons. The number of hydrogen-bond donors (Lipinski definition) is 0. The van der Waals surface area contributed by atoms with Gasteiger partial charge in [-0.1, -0.05) is 0 Å². The van der Waals surface area contributed by atoms with Crippen LogP contribution in [0.2, 0.25) is 0 Å². The molecule has 9 aromatic rings. The Balaban J connectivity index is 1.38. The minimum atomic E-state index is -3.51. The van der Waals surface area contributed by atoms with Gasteiger partial charge in [0.15, 0.2) is 0 Å². The van der Waals surface area contributed by atoms with Crippen LogP contribution in [0.1, 0.15) is 109 Å². The number of hydrogen-bond acceptors (Lipinski definition) is 1. The van der Waals surface area contributed by atoms with Crippen LogP contribution in [-0.4, -0.2) is 9.13 Å². The molecule has 0 bridgehead atoms. The molecule has 6 heterocycles. The van der Waals surface area contributed by atoms with E-state index in [1.54, 1.807) is 0 Å². The monoisotopic (exact) mass is 844 g/mol. The second-order valence-corrected chi connectivity index (χ2v) is 23.9. The topological polar surface area (TPSA) is 26.8 Å². The van der Waals surface area contributed by atoms with E-state index in [0.29, 0.717) is 11.8 Å². The van der Waals surface area contributed by atoms with Gasteiger partial charge in [-0.2, -0.15) is 0 Å². The van der Waals surface area contributed by atoms with Crippen LogP contribution in [0, 0.1) is 6.92 Å². The molecule has 0 amide bonds. The van der Waals surface area contributed by atoms with Crippen LogP contribution in [0.4, 0.5) is 0 Å². The molecule has 0 atom stereocenters. The van der Waals surface area contributed by atoms with Gasteiger partial charge in [0.2, 0.25) is 0 Å². The second-order valence-electron chi connectivity index (χ2n) is 21.0. The molecule has 63 heavy (non-hydrogen) atoms. The summed E-state index contributed by atoms with van der Waals surface area (Å²) in [6.45, 7) is 25.9. The Kier molecular flexibility index (Phi) is 7.85. The summed E-state index contributed by atoms with van der Waals surface area (Å²) in [5.41, 5.74) is 19.9. The molecule has 6 aromatic carbocycles. The summed E-state index contributed by atoms with van der Waals surface area (Å²) in [5.74, 6) is 2.86. The summed E-state index contributed by atoms with van der Waals surface area (Å²) in [5, 5.41) is 3.88. The Morgan fingerprint density at radius 1 is 0.635 bits per heavy atom. The van der Waals surface area contributed by atoms with Crippen molar-refractivity contribution in [3.05, 3.63) is 155 Å². The maximum atomic E-state index is 8.37. The van der Waals surface area contributed by atoms with Gasteiger partial charge >= 0.3 is 373 Å². The van der Waals surface area contributed by atoms with Crippen LogP contribution in [-0.2, 0) is 10.8 Å². The van der Waals surface area contributed by atoms with Crippen LogP contribution in [0.5, 0.6) is 5.75 Å². The summed E-state index contributed by atoms with van der Waals surface area (Å²) in [4.78, 5) is 0. The van der Waals surface area contributed by atoms with E-state index in [-0.39, 0.29) is 10.8 Å². The van der Waals surface area contributed by atoms with E-state index in [1.807, 2.05) is 0 Å². The molecule has 3 aromatic heterocycles. The number of nitrogens with zero attached hydrogens (tertiary/aromatic N) is 4. The molecule has 0 N–H and O–H groups in total. The molecule has 5 nitrogen and oxygen atoms in total. The molecule has 3 aliphatic heterocycles.